The summed E-state index contributed by atoms with van der Waals surface area (Å²) in [7, 11) is 3.84. The predicted molar refractivity (Wildman–Crippen MR) is 82.8 cm³/mol. The lowest BCUT2D eigenvalue weighted by Gasteiger charge is -2.15. The highest BCUT2D eigenvalue weighted by Gasteiger charge is 2.10. The van der Waals surface area contributed by atoms with E-state index in [1.807, 2.05) is 45.5 Å². The van der Waals surface area contributed by atoms with E-state index < -0.39 is 0 Å². The van der Waals surface area contributed by atoms with Crippen LogP contribution < -0.4 is 14.8 Å². The summed E-state index contributed by atoms with van der Waals surface area (Å²) in [6.45, 7) is 3.96. The molecule has 114 valence electrons. The molecule has 2 aromatic rings. The highest BCUT2D eigenvalue weighted by molar-refractivity contribution is 5.46. The number of aromatic nitrogens is 2. The predicted octanol–water partition coefficient (Wildman–Crippen LogP) is 2.16. The number of hydrogen-bond acceptors (Lipinski definition) is 4. The van der Waals surface area contributed by atoms with E-state index in [-0.39, 0.29) is 0 Å². The van der Waals surface area contributed by atoms with E-state index in [1.54, 1.807) is 4.68 Å². The largest absolute Gasteiger partial charge is 0.490 e. The third kappa shape index (κ3) is 4.23. The number of nitrogens with one attached hydrogen (secondary N) is 1. The van der Waals surface area contributed by atoms with Crippen LogP contribution in [-0.4, -0.2) is 30.0 Å². The van der Waals surface area contributed by atoms with E-state index >= 15 is 0 Å². The maximum atomic E-state index is 5.98. The Morgan fingerprint density at radius 2 is 2.14 bits per heavy atom. The zero-order valence-electron chi connectivity index (χ0n) is 12.9. The fraction of sp³-hybridized carbons (Fsp3) is 0.438. The Labute approximate surface area is 125 Å². The van der Waals surface area contributed by atoms with Crippen LogP contribution in [0.5, 0.6) is 11.5 Å². The smallest absolute Gasteiger partial charge is 0.165 e. The maximum absolute atomic E-state index is 5.98. The Morgan fingerprint density at radius 3 is 2.81 bits per heavy atom. The van der Waals surface area contributed by atoms with Gasteiger partial charge >= 0.3 is 0 Å². The van der Waals surface area contributed by atoms with Crippen molar-refractivity contribution in [3.8, 4) is 11.5 Å². The van der Waals surface area contributed by atoms with Crippen LogP contribution in [0.4, 0.5) is 0 Å². The van der Waals surface area contributed by atoms with E-state index in [1.165, 1.54) is 5.56 Å². The van der Waals surface area contributed by atoms with Gasteiger partial charge in [-0.15, -0.1) is 0 Å². The van der Waals surface area contributed by atoms with Gasteiger partial charge in [0.1, 0.15) is 0 Å². The van der Waals surface area contributed by atoms with Gasteiger partial charge in [-0.2, -0.15) is 5.10 Å². The van der Waals surface area contributed by atoms with Crippen molar-refractivity contribution < 1.29 is 9.47 Å². The molecule has 0 aliphatic rings. The molecule has 1 N–H and O–H groups in total. The van der Waals surface area contributed by atoms with Crippen LogP contribution in [0, 0.1) is 0 Å². The Morgan fingerprint density at radius 1 is 1.29 bits per heavy atom. The van der Waals surface area contributed by atoms with Gasteiger partial charge in [-0.05, 0) is 25.6 Å². The monoisotopic (exact) mass is 289 g/mol. The molecule has 0 bridgehead atoms. The molecule has 0 unspecified atom stereocenters. The first-order valence-electron chi connectivity index (χ1n) is 7.24. The minimum atomic E-state index is 0.604. The zero-order valence-corrected chi connectivity index (χ0v) is 12.9. The van der Waals surface area contributed by atoms with E-state index in [0.717, 1.165) is 30.0 Å². The van der Waals surface area contributed by atoms with E-state index in [4.69, 9.17) is 9.47 Å². The summed E-state index contributed by atoms with van der Waals surface area (Å²) in [6, 6.07) is 5.99. The highest BCUT2D eigenvalue weighted by atomic mass is 16.5. The van der Waals surface area contributed by atoms with Gasteiger partial charge < -0.3 is 14.8 Å². The van der Waals surface area contributed by atoms with E-state index in [0.29, 0.717) is 13.2 Å². The lowest BCUT2D eigenvalue weighted by molar-refractivity contribution is 0.276. The second-order valence-corrected chi connectivity index (χ2v) is 4.83. The number of aryl methyl sites for hydroxylation is 1. The molecule has 0 radical (unpaired) electrons. The molecule has 2 rings (SSSR count). The van der Waals surface area contributed by atoms with Gasteiger partial charge in [0.25, 0.3) is 0 Å². The third-order valence-electron chi connectivity index (χ3n) is 3.12. The molecule has 0 atom stereocenters. The average molecular weight is 289 g/mol. The van der Waals surface area contributed by atoms with Crippen molar-refractivity contribution in [1.29, 1.82) is 0 Å². The van der Waals surface area contributed by atoms with Gasteiger partial charge in [0.15, 0.2) is 11.5 Å². The first-order valence-corrected chi connectivity index (χ1v) is 7.24. The molecule has 0 aliphatic heterocycles. The number of ether oxygens (including phenoxy) is 2. The number of rotatable bonds is 8. The third-order valence-corrected chi connectivity index (χ3v) is 3.12. The van der Waals surface area contributed by atoms with Crippen molar-refractivity contribution in [2.24, 2.45) is 7.05 Å². The van der Waals surface area contributed by atoms with Crippen molar-refractivity contribution in [3.63, 3.8) is 0 Å². The SMILES string of the molecule is CCOc1cccc(CNC)c1OCCc1cnn(C)c1. The topological polar surface area (TPSA) is 48.3 Å². The number of para-hydroxylation sites is 1. The van der Waals surface area contributed by atoms with Crippen LogP contribution in [0.1, 0.15) is 18.1 Å². The maximum Gasteiger partial charge on any atom is 0.165 e. The molecular weight excluding hydrogens is 266 g/mol. The van der Waals surface area contributed by atoms with E-state index in [9.17, 15) is 0 Å². The summed E-state index contributed by atoms with van der Waals surface area (Å²) in [5.74, 6) is 1.63. The summed E-state index contributed by atoms with van der Waals surface area (Å²) < 4.78 is 13.4. The minimum absolute atomic E-state index is 0.604. The molecule has 5 nitrogen and oxygen atoms in total. The fourth-order valence-electron chi connectivity index (χ4n) is 2.20. The summed E-state index contributed by atoms with van der Waals surface area (Å²) in [4.78, 5) is 0. The molecule has 1 aromatic heterocycles. The van der Waals surface area contributed by atoms with E-state index in [2.05, 4.69) is 16.5 Å². The van der Waals surface area contributed by atoms with Crippen LogP contribution in [0.15, 0.2) is 30.6 Å². The van der Waals surface area contributed by atoms with Gasteiger partial charge in [-0.25, -0.2) is 0 Å². The Kier molecular flexibility index (Phi) is 5.63. The number of nitrogens with zero attached hydrogens (tertiary/aromatic N) is 2. The standard InChI is InChI=1S/C16H23N3O2/c1-4-20-15-7-5-6-14(11-17-2)16(15)21-9-8-13-10-18-19(3)12-13/h5-7,10,12,17H,4,8-9,11H2,1-3H3. The van der Waals surface area contributed by atoms with Crippen LogP contribution in [0.3, 0.4) is 0 Å². The van der Waals surface area contributed by atoms with Crippen molar-refractivity contribution in [2.45, 2.75) is 19.9 Å². The Balaban J connectivity index is 2.05. The molecule has 21 heavy (non-hydrogen) atoms. The lowest BCUT2D eigenvalue weighted by Crippen LogP contribution is -2.10. The van der Waals surface area contributed by atoms with Crippen LogP contribution in [0.25, 0.3) is 0 Å². The van der Waals surface area contributed by atoms with Gasteiger partial charge in [-0.1, -0.05) is 12.1 Å². The fourth-order valence-corrected chi connectivity index (χ4v) is 2.20. The molecule has 0 fully saturated rings. The molecule has 0 saturated carbocycles. The Bertz CT molecular complexity index is 542. The van der Waals surface area contributed by atoms with Gasteiger partial charge in [0, 0.05) is 31.8 Å². The van der Waals surface area contributed by atoms with Crippen molar-refractivity contribution in [3.05, 3.63) is 41.7 Å². The normalized spacial score (nSPS) is 10.6. The molecule has 0 aliphatic carbocycles. The molecule has 0 amide bonds. The van der Waals surface area contributed by atoms with Crippen molar-refractivity contribution >= 4 is 0 Å². The zero-order chi connectivity index (χ0) is 15.1. The highest BCUT2D eigenvalue weighted by Crippen LogP contribution is 2.31. The molecule has 1 heterocycles. The first kappa shape index (κ1) is 15.4. The average Bonchev–Trinajstić information content (AvgIpc) is 2.88. The van der Waals surface area contributed by atoms with Gasteiger partial charge in [-0.3, -0.25) is 4.68 Å². The van der Waals surface area contributed by atoms with Crippen LogP contribution in [-0.2, 0) is 20.0 Å². The van der Waals surface area contributed by atoms with Crippen molar-refractivity contribution in [2.75, 3.05) is 20.3 Å². The quantitative estimate of drug-likeness (QED) is 0.809. The molecule has 5 heteroatoms. The lowest BCUT2D eigenvalue weighted by atomic mass is 10.2. The minimum Gasteiger partial charge on any atom is -0.490 e. The van der Waals surface area contributed by atoms with Crippen molar-refractivity contribution in [1.82, 2.24) is 15.1 Å². The van der Waals surface area contributed by atoms with Crippen LogP contribution in [0.2, 0.25) is 0 Å². The summed E-state index contributed by atoms with van der Waals surface area (Å²) in [5, 5.41) is 7.32. The Hall–Kier alpha value is -2.01. The molecule has 1 aromatic carbocycles. The van der Waals surface area contributed by atoms with Gasteiger partial charge in [0.05, 0.1) is 19.4 Å². The second-order valence-electron chi connectivity index (χ2n) is 4.83. The second kappa shape index (κ2) is 7.69. The number of benzene rings is 1. The molecular formula is C16H23N3O2. The number of hydrogen-bond donors (Lipinski definition) is 1. The molecule has 0 saturated heterocycles. The summed E-state index contributed by atoms with van der Waals surface area (Å²) in [6.07, 6.45) is 4.70. The van der Waals surface area contributed by atoms with Gasteiger partial charge in [0.2, 0.25) is 0 Å². The summed E-state index contributed by atoms with van der Waals surface area (Å²) in [5.41, 5.74) is 2.27. The summed E-state index contributed by atoms with van der Waals surface area (Å²) >= 11 is 0. The van der Waals surface area contributed by atoms with Crippen LogP contribution >= 0.6 is 0 Å². The molecule has 0 spiro atoms. The first-order chi connectivity index (χ1) is 10.2.